The van der Waals surface area contributed by atoms with Crippen LogP contribution in [0.2, 0.25) is 0 Å². The second kappa shape index (κ2) is 4.24. The molecule has 2 aromatic rings. The number of fused-ring (bicyclic) bond motifs is 1. The zero-order valence-electron chi connectivity index (χ0n) is 10.7. The molecule has 1 aliphatic carbocycles. The molecule has 2 aromatic heterocycles. The van der Waals surface area contributed by atoms with E-state index in [1.54, 1.807) is 0 Å². The predicted molar refractivity (Wildman–Crippen MR) is 65.3 cm³/mol. The maximum Gasteiger partial charge on any atom is 0.216 e. The lowest BCUT2D eigenvalue weighted by atomic mass is 9.96. The Morgan fingerprint density at radius 3 is 3.06 bits per heavy atom. The van der Waals surface area contributed by atoms with E-state index in [9.17, 15) is 5.11 Å². The molecule has 3 rings (SSSR count). The predicted octanol–water partition coefficient (Wildman–Crippen LogP) is 1.39. The Balaban J connectivity index is 1.81. The van der Waals surface area contributed by atoms with Crippen molar-refractivity contribution in [3.8, 4) is 0 Å². The van der Waals surface area contributed by atoms with Crippen LogP contribution >= 0.6 is 0 Å². The van der Waals surface area contributed by atoms with Crippen LogP contribution in [0.25, 0.3) is 0 Å². The highest BCUT2D eigenvalue weighted by atomic mass is 16.4. The van der Waals surface area contributed by atoms with Crippen molar-refractivity contribution in [1.29, 1.82) is 0 Å². The quantitative estimate of drug-likeness (QED) is 0.871. The molecule has 2 heterocycles. The zero-order chi connectivity index (χ0) is 12.7. The van der Waals surface area contributed by atoms with E-state index >= 15 is 0 Å². The third-order valence-electron chi connectivity index (χ3n) is 3.46. The molecule has 1 N–H and O–H groups in total. The van der Waals surface area contributed by atoms with Gasteiger partial charge in [-0.3, -0.25) is 4.68 Å². The fourth-order valence-electron chi connectivity index (χ4n) is 2.37. The highest BCUT2D eigenvalue weighted by Crippen LogP contribution is 2.20. The van der Waals surface area contributed by atoms with Crippen LogP contribution < -0.4 is 0 Å². The number of hydrogen-bond acceptors (Lipinski definition) is 4. The average Bonchev–Trinajstić information content (AvgIpc) is 2.82. The van der Waals surface area contributed by atoms with Crippen molar-refractivity contribution >= 4 is 0 Å². The summed E-state index contributed by atoms with van der Waals surface area (Å²) in [7, 11) is 0. The van der Waals surface area contributed by atoms with E-state index in [0.29, 0.717) is 18.9 Å². The van der Waals surface area contributed by atoms with Gasteiger partial charge in [-0.15, -0.1) is 0 Å². The van der Waals surface area contributed by atoms with E-state index in [0.717, 1.165) is 35.6 Å². The fraction of sp³-hybridized carbons (Fsp3) is 0.538. The second-order valence-corrected chi connectivity index (χ2v) is 4.94. The molecule has 96 valence electrons. The molecule has 18 heavy (non-hydrogen) atoms. The summed E-state index contributed by atoms with van der Waals surface area (Å²) >= 11 is 0. The van der Waals surface area contributed by atoms with Gasteiger partial charge in [0.2, 0.25) is 5.89 Å². The van der Waals surface area contributed by atoms with Crippen LogP contribution in [0.5, 0.6) is 0 Å². The average molecular weight is 247 g/mol. The summed E-state index contributed by atoms with van der Waals surface area (Å²) in [5.41, 5.74) is 3.17. The normalized spacial score (nSPS) is 18.9. The molecule has 0 amide bonds. The molecule has 0 saturated carbocycles. The zero-order valence-corrected chi connectivity index (χ0v) is 10.7. The molecule has 0 saturated heterocycles. The first-order valence-corrected chi connectivity index (χ1v) is 6.28. The topological polar surface area (TPSA) is 64.1 Å². The molecule has 1 atom stereocenters. The van der Waals surface area contributed by atoms with Gasteiger partial charge in [-0.2, -0.15) is 5.10 Å². The van der Waals surface area contributed by atoms with Gasteiger partial charge in [0.15, 0.2) is 0 Å². The molecule has 0 fully saturated rings. The highest BCUT2D eigenvalue weighted by Gasteiger charge is 2.20. The smallest absolute Gasteiger partial charge is 0.216 e. The minimum Gasteiger partial charge on any atom is -0.444 e. The van der Waals surface area contributed by atoms with Gasteiger partial charge in [0.1, 0.15) is 12.3 Å². The molecule has 5 heteroatoms. The summed E-state index contributed by atoms with van der Waals surface area (Å²) in [5, 5.41) is 14.2. The van der Waals surface area contributed by atoms with Gasteiger partial charge < -0.3 is 9.52 Å². The van der Waals surface area contributed by atoms with Crippen LogP contribution in [-0.4, -0.2) is 26.0 Å². The minimum absolute atomic E-state index is 0.221. The molecule has 1 aliphatic rings. The lowest BCUT2D eigenvalue weighted by Gasteiger charge is -2.14. The van der Waals surface area contributed by atoms with Gasteiger partial charge in [0.25, 0.3) is 0 Å². The van der Waals surface area contributed by atoms with E-state index < -0.39 is 0 Å². The van der Waals surface area contributed by atoms with Crippen LogP contribution in [0.3, 0.4) is 0 Å². The van der Waals surface area contributed by atoms with Crippen molar-refractivity contribution in [3.05, 3.63) is 34.8 Å². The Kier molecular flexibility index (Phi) is 2.70. The Morgan fingerprint density at radius 2 is 2.33 bits per heavy atom. The van der Waals surface area contributed by atoms with Crippen LogP contribution in [0.1, 0.15) is 35.0 Å². The molecule has 0 radical (unpaired) electrons. The van der Waals surface area contributed by atoms with Crippen molar-refractivity contribution in [2.24, 2.45) is 0 Å². The Morgan fingerprint density at radius 1 is 1.50 bits per heavy atom. The summed E-state index contributed by atoms with van der Waals surface area (Å²) in [6, 6.07) is 0. The monoisotopic (exact) mass is 247 g/mol. The molecule has 5 nitrogen and oxygen atoms in total. The first-order chi connectivity index (χ1) is 8.61. The van der Waals surface area contributed by atoms with Crippen molar-refractivity contribution in [3.63, 3.8) is 0 Å². The van der Waals surface area contributed by atoms with Crippen LogP contribution in [0, 0.1) is 13.8 Å². The third kappa shape index (κ3) is 2.06. The number of aryl methyl sites for hydroxylation is 3. The summed E-state index contributed by atoms with van der Waals surface area (Å²) in [6.45, 7) is 4.40. The van der Waals surface area contributed by atoms with Crippen molar-refractivity contribution in [2.75, 3.05) is 0 Å². The Hall–Kier alpha value is -1.62. The van der Waals surface area contributed by atoms with Gasteiger partial charge in [-0.05, 0) is 32.3 Å². The lowest BCUT2D eigenvalue weighted by molar-refractivity contribution is 0.158. The molecule has 0 bridgehead atoms. The molecule has 0 aromatic carbocycles. The number of oxazole rings is 1. The minimum atomic E-state index is -0.221. The molecule has 0 aliphatic heterocycles. The number of aliphatic hydroxyl groups is 1. The van der Waals surface area contributed by atoms with Gasteiger partial charge in [-0.1, -0.05) is 0 Å². The molecule has 0 spiro atoms. The van der Waals surface area contributed by atoms with Crippen LogP contribution in [0.4, 0.5) is 0 Å². The molecular formula is C13H17N3O2. The highest BCUT2D eigenvalue weighted by molar-refractivity contribution is 5.21. The number of aromatic nitrogens is 3. The fourth-order valence-corrected chi connectivity index (χ4v) is 2.37. The summed E-state index contributed by atoms with van der Waals surface area (Å²) in [6.07, 6.45) is 4.14. The van der Waals surface area contributed by atoms with Crippen molar-refractivity contribution < 1.29 is 9.52 Å². The van der Waals surface area contributed by atoms with E-state index in [2.05, 4.69) is 10.1 Å². The van der Waals surface area contributed by atoms with E-state index in [4.69, 9.17) is 4.42 Å². The second-order valence-electron chi connectivity index (χ2n) is 4.94. The van der Waals surface area contributed by atoms with E-state index in [1.807, 2.05) is 24.7 Å². The Labute approximate surface area is 105 Å². The number of hydrogen-bond donors (Lipinski definition) is 1. The third-order valence-corrected chi connectivity index (χ3v) is 3.46. The van der Waals surface area contributed by atoms with Crippen molar-refractivity contribution in [2.45, 2.75) is 45.8 Å². The molecular weight excluding hydrogens is 230 g/mol. The largest absolute Gasteiger partial charge is 0.444 e. The van der Waals surface area contributed by atoms with Crippen molar-refractivity contribution in [1.82, 2.24) is 14.8 Å². The van der Waals surface area contributed by atoms with Gasteiger partial charge >= 0.3 is 0 Å². The van der Waals surface area contributed by atoms with Crippen LogP contribution in [-0.2, 0) is 19.4 Å². The summed E-state index contributed by atoms with van der Waals surface area (Å²) < 4.78 is 7.40. The Bertz CT molecular complexity index is 551. The number of nitrogens with zero attached hydrogens (tertiary/aromatic N) is 3. The first kappa shape index (κ1) is 11.5. The summed E-state index contributed by atoms with van der Waals surface area (Å²) in [4.78, 5) is 4.35. The lowest BCUT2D eigenvalue weighted by Crippen LogP contribution is -2.17. The maximum absolute atomic E-state index is 9.63. The first-order valence-electron chi connectivity index (χ1n) is 6.28. The van der Waals surface area contributed by atoms with E-state index in [1.165, 1.54) is 0 Å². The molecule has 1 unspecified atom stereocenters. The van der Waals surface area contributed by atoms with Gasteiger partial charge in [0, 0.05) is 12.6 Å². The SMILES string of the molecule is Cc1nc(Cn2cc3c(n2)CCC(O)C3)oc1C. The summed E-state index contributed by atoms with van der Waals surface area (Å²) in [5.74, 6) is 1.54. The number of rotatable bonds is 2. The van der Waals surface area contributed by atoms with Crippen LogP contribution in [0.15, 0.2) is 10.6 Å². The maximum atomic E-state index is 9.63. The van der Waals surface area contributed by atoms with E-state index in [-0.39, 0.29) is 6.10 Å². The number of aliphatic hydroxyl groups excluding tert-OH is 1. The van der Waals surface area contributed by atoms with Gasteiger partial charge in [-0.25, -0.2) is 4.98 Å². The standard InChI is InChI=1S/C13H17N3O2/c1-8-9(2)18-13(14-8)7-16-6-10-5-11(17)3-4-12(10)15-16/h6,11,17H,3-5,7H2,1-2H3. The van der Waals surface area contributed by atoms with Gasteiger partial charge in [0.05, 0.1) is 17.5 Å².